The van der Waals surface area contributed by atoms with Gasteiger partial charge in [-0.1, -0.05) is 0 Å². The summed E-state index contributed by atoms with van der Waals surface area (Å²) in [6, 6.07) is 3.26. The summed E-state index contributed by atoms with van der Waals surface area (Å²) < 4.78 is 16.3. The Balaban J connectivity index is 2.15. The maximum Gasteiger partial charge on any atom is 0.139 e. The first-order valence-electron chi connectivity index (χ1n) is 6.52. The summed E-state index contributed by atoms with van der Waals surface area (Å²) in [6.45, 7) is 2.83. The summed E-state index contributed by atoms with van der Waals surface area (Å²) in [5.74, 6) is 1.09. The van der Waals surface area contributed by atoms with Crippen molar-refractivity contribution >= 4 is 49.9 Å². The van der Waals surface area contributed by atoms with E-state index in [1.807, 2.05) is 0 Å². The number of aryl methyl sites for hydroxylation is 2. The van der Waals surface area contributed by atoms with Crippen LogP contribution in [0, 0.1) is 12.7 Å². The third kappa shape index (κ3) is 2.87. The van der Waals surface area contributed by atoms with Crippen LogP contribution in [0.25, 0.3) is 11.0 Å². The first kappa shape index (κ1) is 15.0. The predicted molar refractivity (Wildman–Crippen MR) is 90.0 cm³/mol. The molecular weight excluding hydrogens is 375 g/mol. The number of imidazole rings is 1. The van der Waals surface area contributed by atoms with Gasteiger partial charge in [-0.3, -0.25) is 0 Å². The topological polar surface area (TPSA) is 17.8 Å². The van der Waals surface area contributed by atoms with Crippen LogP contribution in [0.3, 0.4) is 0 Å². The Morgan fingerprint density at radius 3 is 2.86 bits per heavy atom. The van der Waals surface area contributed by atoms with Crippen LogP contribution in [0.2, 0.25) is 0 Å². The van der Waals surface area contributed by atoms with Crippen LogP contribution in [0.5, 0.6) is 0 Å². The van der Waals surface area contributed by atoms with Gasteiger partial charge in [0.15, 0.2) is 0 Å². The van der Waals surface area contributed by atoms with Gasteiger partial charge >= 0.3 is 0 Å². The fourth-order valence-electron chi connectivity index (χ4n) is 2.34. The Bertz CT molecular complexity index is 796. The Morgan fingerprint density at radius 2 is 2.19 bits per heavy atom. The predicted octanol–water partition coefficient (Wildman–Crippen LogP) is 5.14. The number of fused-ring (bicyclic) bond motifs is 1. The maximum absolute atomic E-state index is 13.7. The summed E-state index contributed by atoms with van der Waals surface area (Å²) in [5.41, 5.74) is 4.12. The molecule has 6 heteroatoms. The fraction of sp³-hybridized carbons (Fsp3) is 0.267. The van der Waals surface area contributed by atoms with Gasteiger partial charge in [0.25, 0.3) is 0 Å². The Morgan fingerprint density at radius 1 is 1.38 bits per heavy atom. The smallest absolute Gasteiger partial charge is 0.139 e. The van der Waals surface area contributed by atoms with E-state index in [2.05, 4.69) is 43.2 Å². The molecule has 0 unspecified atom stereocenters. The lowest BCUT2D eigenvalue weighted by Gasteiger charge is -2.09. The van der Waals surface area contributed by atoms with Crippen LogP contribution in [0.4, 0.5) is 4.39 Å². The van der Waals surface area contributed by atoms with Crippen molar-refractivity contribution in [1.29, 1.82) is 0 Å². The molecule has 0 spiro atoms. The van der Waals surface area contributed by atoms with Gasteiger partial charge in [-0.2, -0.15) is 11.3 Å². The first-order chi connectivity index (χ1) is 10.1. The van der Waals surface area contributed by atoms with E-state index >= 15 is 0 Å². The van der Waals surface area contributed by atoms with E-state index in [-0.39, 0.29) is 5.82 Å². The number of hydrogen-bond donors (Lipinski definition) is 0. The molecule has 0 atom stereocenters. The van der Waals surface area contributed by atoms with Crippen LogP contribution in [0.1, 0.15) is 17.0 Å². The van der Waals surface area contributed by atoms with E-state index in [4.69, 9.17) is 11.6 Å². The van der Waals surface area contributed by atoms with Gasteiger partial charge in [0.05, 0.1) is 22.1 Å². The zero-order chi connectivity index (χ0) is 15.0. The van der Waals surface area contributed by atoms with E-state index in [1.54, 1.807) is 17.4 Å². The van der Waals surface area contributed by atoms with Gasteiger partial charge in [-0.05, 0) is 50.8 Å². The van der Waals surface area contributed by atoms with E-state index < -0.39 is 0 Å². The molecule has 0 radical (unpaired) electrons. The molecule has 2 heterocycles. The number of benzene rings is 1. The molecule has 1 aromatic carbocycles. The molecule has 110 valence electrons. The van der Waals surface area contributed by atoms with Crippen molar-refractivity contribution in [3.8, 4) is 0 Å². The normalized spacial score (nSPS) is 11.4. The van der Waals surface area contributed by atoms with E-state index in [1.165, 1.54) is 17.2 Å². The second-order valence-electron chi connectivity index (χ2n) is 4.89. The van der Waals surface area contributed by atoms with Crippen LogP contribution in [-0.2, 0) is 13.0 Å². The molecule has 0 fully saturated rings. The number of rotatable bonds is 4. The molecule has 3 aromatic rings. The Kier molecular flexibility index (Phi) is 4.33. The van der Waals surface area contributed by atoms with Crippen LogP contribution in [0.15, 0.2) is 27.4 Å². The second-order valence-corrected chi connectivity index (χ2v) is 6.86. The lowest BCUT2D eigenvalue weighted by molar-refractivity contribution is 0.622. The van der Waals surface area contributed by atoms with Crippen molar-refractivity contribution in [2.75, 3.05) is 5.88 Å². The highest BCUT2D eigenvalue weighted by atomic mass is 79.9. The average molecular weight is 388 g/mol. The summed E-state index contributed by atoms with van der Waals surface area (Å²) in [7, 11) is 0. The van der Waals surface area contributed by atoms with E-state index in [0.717, 1.165) is 17.9 Å². The molecule has 0 aliphatic heterocycles. The van der Waals surface area contributed by atoms with Crippen molar-refractivity contribution in [3.05, 3.63) is 50.1 Å². The lowest BCUT2D eigenvalue weighted by Crippen LogP contribution is -2.06. The van der Waals surface area contributed by atoms with Crippen LogP contribution < -0.4 is 0 Å². The second kappa shape index (κ2) is 6.07. The number of nitrogens with zero attached hydrogens (tertiary/aromatic N) is 2. The van der Waals surface area contributed by atoms with Crippen molar-refractivity contribution in [2.24, 2.45) is 0 Å². The van der Waals surface area contributed by atoms with Gasteiger partial charge in [0, 0.05) is 18.4 Å². The molecule has 2 nitrogen and oxygen atoms in total. The minimum absolute atomic E-state index is 0.295. The summed E-state index contributed by atoms with van der Waals surface area (Å²) in [4.78, 5) is 4.54. The van der Waals surface area contributed by atoms with Crippen molar-refractivity contribution in [3.63, 3.8) is 0 Å². The molecule has 0 saturated heterocycles. The highest BCUT2D eigenvalue weighted by Crippen LogP contribution is 2.26. The Labute approximate surface area is 139 Å². The molecular formula is C15H13BrClFN2S. The van der Waals surface area contributed by atoms with E-state index in [9.17, 15) is 4.39 Å². The minimum Gasteiger partial charge on any atom is -0.323 e. The zero-order valence-electron chi connectivity index (χ0n) is 11.4. The molecule has 3 rings (SSSR count). The van der Waals surface area contributed by atoms with Gasteiger partial charge in [-0.15, -0.1) is 11.6 Å². The zero-order valence-corrected chi connectivity index (χ0v) is 14.5. The molecule has 0 N–H and O–H groups in total. The van der Waals surface area contributed by atoms with Crippen molar-refractivity contribution in [2.45, 2.75) is 19.9 Å². The third-order valence-electron chi connectivity index (χ3n) is 3.48. The lowest BCUT2D eigenvalue weighted by atomic mass is 10.2. The quantitative estimate of drug-likeness (QED) is 0.567. The molecule has 0 aliphatic carbocycles. The van der Waals surface area contributed by atoms with Gasteiger partial charge < -0.3 is 4.57 Å². The molecule has 0 amide bonds. The maximum atomic E-state index is 13.7. The SMILES string of the molecule is Cc1cscc1Cn1c(CCCl)nc2cc(F)c(Br)cc21. The number of alkyl halides is 1. The molecule has 0 bridgehead atoms. The number of halogens is 3. The van der Waals surface area contributed by atoms with Gasteiger partial charge in [0.1, 0.15) is 11.6 Å². The van der Waals surface area contributed by atoms with Crippen molar-refractivity contribution < 1.29 is 4.39 Å². The highest BCUT2D eigenvalue weighted by Gasteiger charge is 2.14. The number of aromatic nitrogens is 2. The highest BCUT2D eigenvalue weighted by molar-refractivity contribution is 9.10. The first-order valence-corrected chi connectivity index (χ1v) is 8.79. The molecule has 21 heavy (non-hydrogen) atoms. The monoisotopic (exact) mass is 386 g/mol. The Hall–Kier alpha value is -0.910. The molecule has 2 aromatic heterocycles. The minimum atomic E-state index is -0.295. The average Bonchev–Trinajstić information content (AvgIpc) is 2.98. The largest absolute Gasteiger partial charge is 0.323 e. The molecule has 0 saturated carbocycles. The summed E-state index contributed by atoms with van der Waals surface area (Å²) in [5, 5.41) is 4.27. The van der Waals surface area contributed by atoms with E-state index in [0.29, 0.717) is 22.3 Å². The van der Waals surface area contributed by atoms with Crippen LogP contribution >= 0.6 is 38.9 Å². The van der Waals surface area contributed by atoms with Gasteiger partial charge in [0.2, 0.25) is 0 Å². The fourth-order valence-corrected chi connectivity index (χ4v) is 3.69. The summed E-state index contributed by atoms with van der Waals surface area (Å²) in [6.07, 6.45) is 0.665. The molecule has 0 aliphatic rings. The van der Waals surface area contributed by atoms with Crippen LogP contribution in [-0.4, -0.2) is 15.4 Å². The van der Waals surface area contributed by atoms with Crippen molar-refractivity contribution in [1.82, 2.24) is 9.55 Å². The summed E-state index contributed by atoms with van der Waals surface area (Å²) >= 11 is 10.8. The number of thiophene rings is 1. The van der Waals surface area contributed by atoms with Gasteiger partial charge in [-0.25, -0.2) is 9.37 Å². The number of hydrogen-bond acceptors (Lipinski definition) is 2. The standard InChI is InChI=1S/C15H13BrClFN2S/c1-9-7-21-8-10(9)6-20-14-4-11(16)12(18)5-13(14)19-15(20)2-3-17/h4-5,7-8H,2-3,6H2,1H3. The third-order valence-corrected chi connectivity index (χ3v) is 5.18.